The summed E-state index contributed by atoms with van der Waals surface area (Å²) in [5.74, 6) is 0.208. The molecule has 0 heterocycles. The highest BCUT2D eigenvalue weighted by Crippen LogP contribution is 2.15. The largest absolute Gasteiger partial charge is 0.463 e. The molecule has 0 rings (SSSR count). The Hall–Kier alpha value is -1.92. The minimum atomic E-state index is -0.993. The molecule has 2 unspecified atom stereocenters. The first kappa shape index (κ1) is 40.1. The molecule has 0 spiro atoms. The number of unbranched alkanes of at least 4 members (excludes halogenated alkanes) is 11. The number of ether oxygens (including phenoxy) is 2. The lowest BCUT2D eigenvalue weighted by atomic mass is 9.99. The van der Waals surface area contributed by atoms with Crippen molar-refractivity contribution in [3.8, 4) is 0 Å². The van der Waals surface area contributed by atoms with Crippen LogP contribution >= 0.6 is 0 Å². The monoisotopic (exact) mass is 592 g/mol. The van der Waals surface area contributed by atoms with Gasteiger partial charge < -0.3 is 19.7 Å². The lowest BCUT2D eigenvalue weighted by molar-refractivity contribution is -0.152. The van der Waals surface area contributed by atoms with Gasteiger partial charge in [0.05, 0.1) is 6.10 Å². The normalized spacial score (nSPS) is 14.1. The maximum Gasteiger partial charge on any atom is 0.305 e. The fourth-order valence-electron chi connectivity index (χ4n) is 4.54. The van der Waals surface area contributed by atoms with Gasteiger partial charge in [0.2, 0.25) is 0 Å². The molecule has 0 amide bonds. The molecular weight excluding hydrogens is 528 g/mol. The second-order valence-corrected chi connectivity index (χ2v) is 11.7. The number of allylic oxidation sites excluding steroid dienone is 5. The van der Waals surface area contributed by atoms with Crippen LogP contribution in [0.25, 0.3) is 0 Å². The Morgan fingerprint density at radius 2 is 1.14 bits per heavy atom. The van der Waals surface area contributed by atoms with Crippen molar-refractivity contribution < 1.29 is 29.3 Å². The maximum atomic E-state index is 11.9. The van der Waals surface area contributed by atoms with E-state index >= 15 is 0 Å². The summed E-state index contributed by atoms with van der Waals surface area (Å²) in [5.41, 5.74) is 0. The third-order valence-corrected chi connectivity index (χ3v) is 7.53. The Kier molecular flexibility index (Phi) is 29.1. The van der Waals surface area contributed by atoms with E-state index in [2.05, 4.69) is 39.0 Å². The summed E-state index contributed by atoms with van der Waals surface area (Å²) in [4.78, 5) is 23.8. The first-order chi connectivity index (χ1) is 20.4. The molecule has 6 heteroatoms. The zero-order valence-corrected chi connectivity index (χ0v) is 27.3. The van der Waals surface area contributed by atoms with E-state index in [4.69, 9.17) is 9.47 Å². The summed E-state index contributed by atoms with van der Waals surface area (Å²) in [6, 6.07) is 0. The summed E-state index contributed by atoms with van der Waals surface area (Å²) < 4.78 is 10.2. The summed E-state index contributed by atoms with van der Waals surface area (Å²) in [6.07, 6.45) is 30.7. The molecule has 0 fully saturated rings. The molecule has 6 nitrogen and oxygen atoms in total. The second-order valence-electron chi connectivity index (χ2n) is 11.7. The minimum Gasteiger partial charge on any atom is -0.463 e. The van der Waals surface area contributed by atoms with Crippen LogP contribution in [0.2, 0.25) is 0 Å². The highest BCUT2D eigenvalue weighted by atomic mass is 16.6. The van der Waals surface area contributed by atoms with Crippen molar-refractivity contribution >= 4 is 11.9 Å². The van der Waals surface area contributed by atoms with Crippen LogP contribution in [0, 0.1) is 5.92 Å². The molecular formula is C36H64O6. The fourth-order valence-corrected chi connectivity index (χ4v) is 4.54. The van der Waals surface area contributed by atoms with Gasteiger partial charge in [0, 0.05) is 12.8 Å². The molecule has 0 aromatic heterocycles. The quantitative estimate of drug-likeness (QED) is 0.0390. The molecule has 0 aliphatic carbocycles. The predicted molar refractivity (Wildman–Crippen MR) is 174 cm³/mol. The molecule has 244 valence electrons. The summed E-state index contributed by atoms with van der Waals surface area (Å²) in [7, 11) is 0. The van der Waals surface area contributed by atoms with E-state index < -0.39 is 12.2 Å². The molecule has 0 radical (unpaired) electrons. The van der Waals surface area contributed by atoms with Gasteiger partial charge in [-0.25, -0.2) is 0 Å². The Morgan fingerprint density at radius 3 is 1.67 bits per heavy atom. The molecule has 0 aliphatic rings. The van der Waals surface area contributed by atoms with Crippen molar-refractivity contribution in [2.75, 3.05) is 13.2 Å². The van der Waals surface area contributed by atoms with Crippen LogP contribution in [0.3, 0.4) is 0 Å². The minimum absolute atomic E-state index is 0.142. The number of carbonyl (C=O) groups excluding carboxylic acids is 2. The van der Waals surface area contributed by atoms with Gasteiger partial charge in [-0.1, -0.05) is 141 Å². The van der Waals surface area contributed by atoms with E-state index in [9.17, 15) is 19.8 Å². The number of hydrogen-bond acceptors (Lipinski definition) is 6. The van der Waals surface area contributed by atoms with Gasteiger partial charge in [0.25, 0.3) is 0 Å². The van der Waals surface area contributed by atoms with E-state index in [1.807, 2.05) is 18.2 Å². The van der Waals surface area contributed by atoms with Crippen molar-refractivity contribution in [1.29, 1.82) is 0 Å². The van der Waals surface area contributed by atoms with Crippen LogP contribution in [0.1, 0.15) is 149 Å². The van der Waals surface area contributed by atoms with Crippen molar-refractivity contribution in [3.05, 3.63) is 36.5 Å². The van der Waals surface area contributed by atoms with Crippen LogP contribution in [-0.2, 0) is 19.1 Å². The SMILES string of the molecule is CC/C=C/C/C=C/C=C/C(O)CCCCCCCC(=O)OC[C@H](O)COC(=O)CCCCCCCCCCC(C)CC. The van der Waals surface area contributed by atoms with Gasteiger partial charge in [-0.2, -0.15) is 0 Å². The third-order valence-electron chi connectivity index (χ3n) is 7.53. The van der Waals surface area contributed by atoms with E-state index in [0.29, 0.717) is 12.8 Å². The van der Waals surface area contributed by atoms with Gasteiger partial charge in [-0.15, -0.1) is 0 Å². The number of aliphatic hydroxyl groups is 2. The second kappa shape index (κ2) is 30.5. The Bertz CT molecular complexity index is 714. The highest BCUT2D eigenvalue weighted by molar-refractivity contribution is 5.69. The zero-order valence-electron chi connectivity index (χ0n) is 27.3. The lowest BCUT2D eigenvalue weighted by Gasteiger charge is -2.12. The van der Waals surface area contributed by atoms with Crippen LogP contribution in [-0.4, -0.2) is 47.6 Å². The highest BCUT2D eigenvalue weighted by Gasteiger charge is 2.12. The molecule has 3 atom stereocenters. The number of rotatable bonds is 29. The zero-order chi connectivity index (χ0) is 31.1. The number of aliphatic hydroxyl groups excluding tert-OH is 2. The topological polar surface area (TPSA) is 93.1 Å². The molecule has 42 heavy (non-hydrogen) atoms. The standard InChI is InChI=1S/C36H64O6/c1-4-6-7-8-11-16-21-26-33(37)27-22-17-14-19-24-29-36(40)42-31-34(38)30-41-35(39)28-23-18-13-10-9-12-15-20-25-32(3)5-2/h6-7,11,16,21,26,32-34,37-38H,4-5,8-10,12-15,17-20,22-25,27-31H2,1-3H3/b7-6+,16-11+,26-21+/t32?,33?,34-/m1/s1. The molecule has 0 saturated heterocycles. The number of esters is 2. The first-order valence-corrected chi connectivity index (χ1v) is 17.0. The van der Waals surface area contributed by atoms with E-state index in [1.165, 1.54) is 44.9 Å². The van der Waals surface area contributed by atoms with Gasteiger partial charge in [0.1, 0.15) is 19.3 Å². The van der Waals surface area contributed by atoms with Gasteiger partial charge in [0.15, 0.2) is 0 Å². The van der Waals surface area contributed by atoms with Crippen LogP contribution in [0.5, 0.6) is 0 Å². The molecule has 0 aromatic carbocycles. The number of carbonyl (C=O) groups is 2. The Labute approximate surface area is 258 Å². The average Bonchev–Trinajstić information content (AvgIpc) is 2.98. The van der Waals surface area contributed by atoms with Crippen molar-refractivity contribution in [1.82, 2.24) is 0 Å². The Balaban J connectivity index is 3.57. The van der Waals surface area contributed by atoms with E-state index in [-0.39, 0.29) is 25.2 Å². The van der Waals surface area contributed by atoms with Gasteiger partial charge in [-0.3, -0.25) is 9.59 Å². The molecule has 0 aliphatic heterocycles. The lowest BCUT2D eigenvalue weighted by Crippen LogP contribution is -2.25. The summed E-state index contributed by atoms with van der Waals surface area (Å²) in [6.45, 7) is 6.40. The average molecular weight is 593 g/mol. The maximum absolute atomic E-state index is 11.9. The van der Waals surface area contributed by atoms with Gasteiger partial charge >= 0.3 is 11.9 Å². The third kappa shape index (κ3) is 29.6. The fraction of sp³-hybridized carbons (Fsp3) is 0.778. The van der Waals surface area contributed by atoms with Crippen molar-refractivity contribution in [2.45, 2.75) is 161 Å². The predicted octanol–water partition coefficient (Wildman–Crippen LogP) is 8.94. The molecule has 0 saturated carbocycles. The summed E-state index contributed by atoms with van der Waals surface area (Å²) in [5, 5.41) is 20.0. The van der Waals surface area contributed by atoms with Crippen molar-refractivity contribution in [2.24, 2.45) is 5.92 Å². The Morgan fingerprint density at radius 1 is 0.643 bits per heavy atom. The summed E-state index contributed by atoms with van der Waals surface area (Å²) >= 11 is 0. The van der Waals surface area contributed by atoms with E-state index in [0.717, 1.165) is 76.5 Å². The van der Waals surface area contributed by atoms with Crippen LogP contribution < -0.4 is 0 Å². The molecule has 2 N–H and O–H groups in total. The first-order valence-electron chi connectivity index (χ1n) is 17.0. The van der Waals surface area contributed by atoms with Crippen molar-refractivity contribution in [3.63, 3.8) is 0 Å². The molecule has 0 aromatic rings. The van der Waals surface area contributed by atoms with Gasteiger partial charge in [-0.05, 0) is 38.0 Å². The van der Waals surface area contributed by atoms with E-state index in [1.54, 1.807) is 0 Å². The smallest absolute Gasteiger partial charge is 0.305 e. The molecule has 0 bridgehead atoms. The van der Waals surface area contributed by atoms with Crippen LogP contribution in [0.15, 0.2) is 36.5 Å². The van der Waals surface area contributed by atoms with Crippen LogP contribution in [0.4, 0.5) is 0 Å². The number of hydrogen-bond donors (Lipinski definition) is 2.